The number of thiophene rings is 1. The zero-order valence-electron chi connectivity index (χ0n) is 10.5. The zero-order chi connectivity index (χ0) is 13.2. The van der Waals surface area contributed by atoms with Gasteiger partial charge in [-0.05, 0) is 49.2 Å². The predicted octanol–water partition coefficient (Wildman–Crippen LogP) is 3.55. The molecule has 0 saturated heterocycles. The maximum absolute atomic E-state index is 10.5. The van der Waals surface area contributed by atoms with Gasteiger partial charge in [0.05, 0.1) is 5.60 Å². The second-order valence-electron chi connectivity index (χ2n) is 4.63. The van der Waals surface area contributed by atoms with Crippen LogP contribution in [0.4, 0.5) is 0 Å². The highest BCUT2D eigenvalue weighted by Crippen LogP contribution is 2.35. The first kappa shape index (κ1) is 14.7. The van der Waals surface area contributed by atoms with Crippen LogP contribution in [0.25, 0.3) is 0 Å². The van der Waals surface area contributed by atoms with Crippen LogP contribution >= 0.6 is 27.3 Å². The second-order valence-corrected chi connectivity index (χ2v) is 6.85. The van der Waals surface area contributed by atoms with E-state index in [-0.39, 0.29) is 6.61 Å². The molecule has 0 amide bonds. The van der Waals surface area contributed by atoms with Crippen molar-refractivity contribution in [2.45, 2.75) is 39.7 Å². The largest absolute Gasteiger partial charge is 0.480 e. The third-order valence-electron chi connectivity index (χ3n) is 2.49. The van der Waals surface area contributed by atoms with Crippen LogP contribution in [0.5, 0.6) is 0 Å². The first-order chi connectivity index (χ1) is 7.73. The molecular formula is C12H17BrO3S. The average Bonchev–Trinajstić information content (AvgIpc) is 2.42. The van der Waals surface area contributed by atoms with Crippen LogP contribution in [0.2, 0.25) is 0 Å². The molecule has 0 aliphatic heterocycles. The first-order valence-electron chi connectivity index (χ1n) is 5.33. The van der Waals surface area contributed by atoms with E-state index in [1.807, 2.05) is 13.8 Å². The van der Waals surface area contributed by atoms with Gasteiger partial charge < -0.3 is 9.84 Å². The Labute approximate surface area is 114 Å². The summed E-state index contributed by atoms with van der Waals surface area (Å²) in [5.74, 6) is -0.935. The highest BCUT2D eigenvalue weighted by molar-refractivity contribution is 9.10. The minimum absolute atomic E-state index is 0.257. The van der Waals surface area contributed by atoms with Crippen molar-refractivity contribution in [2.75, 3.05) is 6.61 Å². The monoisotopic (exact) mass is 320 g/mol. The summed E-state index contributed by atoms with van der Waals surface area (Å²) >= 11 is 5.31. The van der Waals surface area contributed by atoms with E-state index in [9.17, 15) is 4.79 Å². The predicted molar refractivity (Wildman–Crippen MR) is 72.9 cm³/mol. The quantitative estimate of drug-likeness (QED) is 0.902. The standard InChI is InChI=1S/C12H17BrO3S/c1-7-9(11(13)8(2)17-7)5-12(3,4)16-6-10(14)15/h5-6H2,1-4H3,(H,14,15). The highest BCUT2D eigenvalue weighted by Gasteiger charge is 2.24. The fourth-order valence-electron chi connectivity index (χ4n) is 1.64. The summed E-state index contributed by atoms with van der Waals surface area (Å²) in [6.45, 7) is 7.71. The van der Waals surface area contributed by atoms with Gasteiger partial charge in [-0.3, -0.25) is 0 Å². The van der Waals surface area contributed by atoms with Crippen LogP contribution in [0.3, 0.4) is 0 Å². The molecule has 0 bridgehead atoms. The molecule has 3 nitrogen and oxygen atoms in total. The summed E-state index contributed by atoms with van der Waals surface area (Å²) in [6, 6.07) is 0. The summed E-state index contributed by atoms with van der Waals surface area (Å²) in [6.07, 6.45) is 0.705. The van der Waals surface area contributed by atoms with Crippen LogP contribution in [0.1, 0.15) is 29.2 Å². The lowest BCUT2D eigenvalue weighted by Gasteiger charge is -2.24. The van der Waals surface area contributed by atoms with Gasteiger partial charge in [0, 0.05) is 20.6 Å². The van der Waals surface area contributed by atoms with Crippen molar-refractivity contribution in [1.82, 2.24) is 0 Å². The van der Waals surface area contributed by atoms with E-state index in [4.69, 9.17) is 9.84 Å². The number of carboxylic acid groups (broad SMARTS) is 1. The fraction of sp³-hybridized carbons (Fsp3) is 0.583. The Morgan fingerprint density at radius 2 is 2.00 bits per heavy atom. The van der Waals surface area contributed by atoms with Gasteiger partial charge in [0.25, 0.3) is 0 Å². The topological polar surface area (TPSA) is 46.5 Å². The van der Waals surface area contributed by atoms with Crippen molar-refractivity contribution in [2.24, 2.45) is 0 Å². The third-order valence-corrected chi connectivity index (χ3v) is 4.89. The van der Waals surface area contributed by atoms with Crippen molar-refractivity contribution < 1.29 is 14.6 Å². The summed E-state index contributed by atoms with van der Waals surface area (Å²) in [5.41, 5.74) is 0.738. The van der Waals surface area contributed by atoms with Crippen LogP contribution in [-0.2, 0) is 16.0 Å². The Morgan fingerprint density at radius 3 is 2.41 bits per heavy atom. The SMILES string of the molecule is Cc1sc(C)c(CC(C)(C)OCC(=O)O)c1Br. The van der Waals surface area contributed by atoms with E-state index in [1.54, 1.807) is 11.3 Å². The van der Waals surface area contributed by atoms with E-state index in [0.29, 0.717) is 6.42 Å². The molecule has 96 valence electrons. The van der Waals surface area contributed by atoms with Crippen LogP contribution in [0.15, 0.2) is 4.47 Å². The molecule has 0 atom stereocenters. The van der Waals surface area contributed by atoms with Crippen LogP contribution in [0, 0.1) is 13.8 Å². The smallest absolute Gasteiger partial charge is 0.329 e. The number of carbonyl (C=O) groups is 1. The number of halogens is 1. The molecule has 0 aliphatic carbocycles. The molecule has 0 unspecified atom stereocenters. The van der Waals surface area contributed by atoms with Crippen molar-refractivity contribution in [3.8, 4) is 0 Å². The molecule has 1 heterocycles. The lowest BCUT2D eigenvalue weighted by atomic mass is 9.98. The molecule has 1 aromatic heterocycles. The van der Waals surface area contributed by atoms with Crippen molar-refractivity contribution >= 4 is 33.2 Å². The summed E-state index contributed by atoms with van der Waals surface area (Å²) < 4.78 is 6.52. The minimum atomic E-state index is -0.935. The van der Waals surface area contributed by atoms with Gasteiger partial charge >= 0.3 is 5.97 Å². The van der Waals surface area contributed by atoms with E-state index in [1.165, 1.54) is 15.3 Å². The molecule has 1 aromatic rings. The summed E-state index contributed by atoms with van der Waals surface area (Å²) in [5, 5.41) is 8.62. The van der Waals surface area contributed by atoms with Gasteiger partial charge in [-0.15, -0.1) is 11.3 Å². The average molecular weight is 321 g/mol. The van der Waals surface area contributed by atoms with Gasteiger partial charge in [-0.2, -0.15) is 0 Å². The fourth-order valence-corrected chi connectivity index (χ4v) is 3.42. The number of aryl methyl sites for hydroxylation is 2. The number of hydrogen-bond acceptors (Lipinski definition) is 3. The summed E-state index contributed by atoms with van der Waals surface area (Å²) in [7, 11) is 0. The molecule has 0 aromatic carbocycles. The van der Waals surface area contributed by atoms with Crippen LogP contribution in [-0.4, -0.2) is 23.3 Å². The van der Waals surface area contributed by atoms with E-state index < -0.39 is 11.6 Å². The lowest BCUT2D eigenvalue weighted by Crippen LogP contribution is -2.30. The molecule has 0 radical (unpaired) electrons. The molecule has 0 spiro atoms. The molecule has 1 rings (SSSR count). The van der Waals surface area contributed by atoms with E-state index >= 15 is 0 Å². The molecule has 5 heteroatoms. The van der Waals surface area contributed by atoms with Crippen LogP contribution < -0.4 is 0 Å². The minimum Gasteiger partial charge on any atom is -0.480 e. The zero-order valence-corrected chi connectivity index (χ0v) is 12.9. The molecular weight excluding hydrogens is 304 g/mol. The molecule has 1 N–H and O–H groups in total. The Hall–Kier alpha value is -0.390. The lowest BCUT2D eigenvalue weighted by molar-refractivity contribution is -0.148. The summed E-state index contributed by atoms with van der Waals surface area (Å²) in [4.78, 5) is 13.0. The maximum atomic E-state index is 10.5. The third kappa shape index (κ3) is 4.08. The van der Waals surface area contributed by atoms with Crippen molar-refractivity contribution in [3.63, 3.8) is 0 Å². The van der Waals surface area contributed by atoms with Crippen molar-refractivity contribution in [1.29, 1.82) is 0 Å². The van der Waals surface area contributed by atoms with Gasteiger partial charge in [0.2, 0.25) is 0 Å². The number of rotatable bonds is 5. The van der Waals surface area contributed by atoms with Gasteiger partial charge in [-0.25, -0.2) is 4.79 Å². The highest BCUT2D eigenvalue weighted by atomic mass is 79.9. The van der Waals surface area contributed by atoms with Gasteiger partial charge in [0.15, 0.2) is 0 Å². The molecule has 0 aliphatic rings. The number of ether oxygens (including phenoxy) is 1. The molecule has 17 heavy (non-hydrogen) atoms. The Kier molecular flexibility index (Phi) is 4.75. The Bertz CT molecular complexity index is 424. The van der Waals surface area contributed by atoms with Crippen molar-refractivity contribution in [3.05, 3.63) is 19.8 Å². The molecule has 0 fully saturated rings. The van der Waals surface area contributed by atoms with E-state index in [0.717, 1.165) is 4.47 Å². The maximum Gasteiger partial charge on any atom is 0.329 e. The molecule has 0 saturated carbocycles. The number of carboxylic acids is 1. The number of hydrogen-bond donors (Lipinski definition) is 1. The Morgan fingerprint density at radius 1 is 1.41 bits per heavy atom. The Balaban J connectivity index is 2.78. The van der Waals surface area contributed by atoms with E-state index in [2.05, 4.69) is 29.8 Å². The first-order valence-corrected chi connectivity index (χ1v) is 6.94. The van der Waals surface area contributed by atoms with Gasteiger partial charge in [0.1, 0.15) is 6.61 Å². The van der Waals surface area contributed by atoms with Gasteiger partial charge in [-0.1, -0.05) is 0 Å². The second kappa shape index (κ2) is 5.50. The number of aliphatic carboxylic acids is 1. The normalized spacial score (nSPS) is 11.8.